The smallest absolute Gasteiger partial charge is 0.325 e. The van der Waals surface area contributed by atoms with Crippen molar-refractivity contribution in [1.29, 1.82) is 0 Å². The molecule has 0 fully saturated rings. The van der Waals surface area contributed by atoms with Crippen LogP contribution in [0.1, 0.15) is 5.69 Å². The van der Waals surface area contributed by atoms with Gasteiger partial charge in [0.25, 0.3) is 0 Å². The molecule has 9 nitrogen and oxygen atoms in total. The molecular weight excluding hydrogens is 286 g/mol. The first-order valence-electron chi connectivity index (χ1n) is 5.59. The van der Waals surface area contributed by atoms with Crippen LogP contribution in [-0.2, 0) is 35.0 Å². The summed E-state index contributed by atoms with van der Waals surface area (Å²) in [6.45, 7) is -0.380. The number of rotatable bonds is 6. The molecule has 0 aliphatic carbocycles. The van der Waals surface area contributed by atoms with Crippen LogP contribution in [0.4, 0.5) is 0 Å². The quantitative estimate of drug-likeness (QED) is 0.719. The first-order valence-corrected chi connectivity index (χ1v) is 7.07. The van der Waals surface area contributed by atoms with Gasteiger partial charge in [0.15, 0.2) is 0 Å². The van der Waals surface area contributed by atoms with Crippen LogP contribution < -0.4 is 4.72 Å². The van der Waals surface area contributed by atoms with Gasteiger partial charge >= 0.3 is 5.97 Å². The number of carboxylic acid groups (broad SMARTS) is 1. The number of aryl methyl sites for hydroxylation is 1. The molecule has 0 aliphatic heterocycles. The van der Waals surface area contributed by atoms with Crippen molar-refractivity contribution in [2.24, 2.45) is 7.05 Å². The Balaban J connectivity index is 2.01. The molecule has 2 heterocycles. The zero-order valence-electron chi connectivity index (χ0n) is 10.6. The Morgan fingerprint density at radius 3 is 2.80 bits per heavy atom. The maximum absolute atomic E-state index is 11.9. The van der Waals surface area contributed by atoms with E-state index < -0.39 is 16.0 Å². The van der Waals surface area contributed by atoms with Gasteiger partial charge < -0.3 is 9.67 Å². The first kappa shape index (κ1) is 14.2. The summed E-state index contributed by atoms with van der Waals surface area (Å²) in [5.41, 5.74) is 0.339. The Labute approximate surface area is 114 Å². The minimum absolute atomic E-state index is 0.0587. The highest BCUT2D eigenvalue weighted by molar-refractivity contribution is 7.89. The van der Waals surface area contributed by atoms with Gasteiger partial charge in [-0.3, -0.25) is 4.79 Å². The highest BCUT2D eigenvalue weighted by Crippen LogP contribution is 2.08. The molecule has 0 aliphatic rings. The molecule has 0 saturated heterocycles. The predicted octanol–water partition coefficient (Wildman–Crippen LogP) is -0.820. The van der Waals surface area contributed by atoms with Gasteiger partial charge in [-0.2, -0.15) is 0 Å². The van der Waals surface area contributed by atoms with Crippen molar-refractivity contribution < 1.29 is 18.3 Å². The molecule has 2 aromatic heterocycles. The van der Waals surface area contributed by atoms with Crippen molar-refractivity contribution in [3.63, 3.8) is 0 Å². The first-order chi connectivity index (χ1) is 9.37. The van der Waals surface area contributed by atoms with Gasteiger partial charge in [0.05, 0.1) is 23.3 Å². The average Bonchev–Trinajstić information content (AvgIpc) is 2.95. The molecule has 0 amide bonds. The van der Waals surface area contributed by atoms with Gasteiger partial charge in [-0.25, -0.2) is 17.8 Å². The lowest BCUT2D eigenvalue weighted by atomic mass is 10.5. The molecule has 0 atom stereocenters. The van der Waals surface area contributed by atoms with Crippen molar-refractivity contribution in [3.8, 4) is 0 Å². The lowest BCUT2D eigenvalue weighted by Gasteiger charge is -2.02. The van der Waals surface area contributed by atoms with Crippen LogP contribution in [0.5, 0.6) is 0 Å². The monoisotopic (exact) mass is 299 g/mol. The van der Waals surface area contributed by atoms with Crippen LogP contribution in [0.25, 0.3) is 0 Å². The van der Waals surface area contributed by atoms with E-state index in [2.05, 4.69) is 15.0 Å². The molecule has 108 valence electrons. The lowest BCUT2D eigenvalue weighted by Crippen LogP contribution is -2.23. The minimum Gasteiger partial charge on any atom is -0.480 e. The van der Waals surface area contributed by atoms with E-state index in [1.807, 2.05) is 0 Å². The Morgan fingerprint density at radius 1 is 1.45 bits per heavy atom. The molecule has 0 saturated carbocycles. The molecule has 0 radical (unpaired) electrons. The molecule has 0 unspecified atom stereocenters. The summed E-state index contributed by atoms with van der Waals surface area (Å²) in [5, 5.41) is 15.9. The van der Waals surface area contributed by atoms with Gasteiger partial charge in [-0.15, -0.1) is 5.10 Å². The van der Waals surface area contributed by atoms with Crippen LogP contribution in [0.15, 0.2) is 29.6 Å². The van der Waals surface area contributed by atoms with Crippen molar-refractivity contribution in [2.45, 2.75) is 18.0 Å². The molecule has 0 spiro atoms. The van der Waals surface area contributed by atoms with E-state index in [0.29, 0.717) is 5.69 Å². The second kappa shape index (κ2) is 5.43. The topological polar surface area (TPSA) is 119 Å². The molecule has 10 heteroatoms. The third kappa shape index (κ3) is 3.42. The number of aromatic nitrogens is 4. The fourth-order valence-electron chi connectivity index (χ4n) is 1.52. The van der Waals surface area contributed by atoms with Gasteiger partial charge in [0.2, 0.25) is 10.0 Å². The van der Waals surface area contributed by atoms with E-state index in [1.165, 1.54) is 18.5 Å². The standard InChI is InChI=1S/C10H13N5O4S/c1-14-3-2-9(6-14)20(18,19)11-4-8-5-15(13-12-8)7-10(16)17/h2-3,5-6,11H,4,7H2,1H3,(H,16,17). The highest BCUT2D eigenvalue weighted by Gasteiger charge is 2.15. The summed E-state index contributed by atoms with van der Waals surface area (Å²) < 4.78 is 29.0. The lowest BCUT2D eigenvalue weighted by molar-refractivity contribution is -0.137. The second-order valence-corrected chi connectivity index (χ2v) is 5.91. The van der Waals surface area contributed by atoms with Gasteiger partial charge in [0.1, 0.15) is 6.54 Å². The number of nitrogens with one attached hydrogen (secondary N) is 1. The SMILES string of the molecule is Cn1ccc(S(=O)(=O)NCc2cn(CC(=O)O)nn2)c1. The summed E-state index contributed by atoms with van der Waals surface area (Å²) in [4.78, 5) is 10.6. The second-order valence-electron chi connectivity index (χ2n) is 4.14. The number of sulfonamides is 1. The van der Waals surface area contributed by atoms with Crippen LogP contribution in [0, 0.1) is 0 Å². The number of carboxylic acids is 1. The van der Waals surface area contributed by atoms with E-state index in [4.69, 9.17) is 5.11 Å². The maximum atomic E-state index is 11.9. The molecule has 0 aromatic carbocycles. The predicted molar refractivity (Wildman–Crippen MR) is 67.1 cm³/mol. The largest absolute Gasteiger partial charge is 0.480 e. The van der Waals surface area contributed by atoms with Gasteiger partial charge in [-0.05, 0) is 6.07 Å². The van der Waals surface area contributed by atoms with Crippen LogP contribution in [0.2, 0.25) is 0 Å². The molecule has 2 aromatic rings. The van der Waals surface area contributed by atoms with Crippen LogP contribution in [-0.4, -0.2) is 39.1 Å². The fraction of sp³-hybridized carbons (Fsp3) is 0.300. The summed E-state index contributed by atoms with van der Waals surface area (Å²) in [6, 6.07) is 1.48. The third-order valence-electron chi connectivity index (χ3n) is 2.44. The molecule has 0 bridgehead atoms. The molecule has 2 N–H and O–H groups in total. The van der Waals surface area contributed by atoms with Crippen molar-refractivity contribution >= 4 is 16.0 Å². The zero-order valence-corrected chi connectivity index (χ0v) is 11.4. The summed E-state index contributed by atoms with van der Waals surface area (Å²) in [7, 11) is -1.90. The molecule has 2 rings (SSSR count). The summed E-state index contributed by atoms with van der Waals surface area (Å²) >= 11 is 0. The summed E-state index contributed by atoms with van der Waals surface area (Å²) in [6.07, 6.45) is 4.48. The zero-order chi connectivity index (χ0) is 14.8. The van der Waals surface area contributed by atoms with Crippen molar-refractivity contribution in [2.75, 3.05) is 0 Å². The molecule has 20 heavy (non-hydrogen) atoms. The van der Waals surface area contributed by atoms with E-state index in [0.717, 1.165) is 4.68 Å². The van der Waals surface area contributed by atoms with E-state index in [1.54, 1.807) is 17.8 Å². The number of hydrogen-bond acceptors (Lipinski definition) is 5. The number of nitrogens with zero attached hydrogens (tertiary/aromatic N) is 4. The van der Waals surface area contributed by atoms with Crippen molar-refractivity contribution in [1.82, 2.24) is 24.3 Å². The number of aliphatic carboxylic acids is 1. The maximum Gasteiger partial charge on any atom is 0.325 e. The Hall–Kier alpha value is -2.20. The van der Waals surface area contributed by atoms with E-state index in [9.17, 15) is 13.2 Å². The van der Waals surface area contributed by atoms with E-state index in [-0.39, 0.29) is 18.0 Å². The highest BCUT2D eigenvalue weighted by atomic mass is 32.2. The minimum atomic E-state index is -3.62. The number of hydrogen-bond donors (Lipinski definition) is 2. The van der Waals surface area contributed by atoms with Gasteiger partial charge in [-0.1, -0.05) is 5.21 Å². The van der Waals surface area contributed by atoms with E-state index >= 15 is 0 Å². The van der Waals surface area contributed by atoms with Crippen molar-refractivity contribution in [3.05, 3.63) is 30.4 Å². The van der Waals surface area contributed by atoms with Gasteiger partial charge in [0, 0.05) is 19.4 Å². The molecular formula is C10H13N5O4S. The van der Waals surface area contributed by atoms with Crippen LogP contribution in [0.3, 0.4) is 0 Å². The Morgan fingerprint density at radius 2 is 2.20 bits per heavy atom. The Kier molecular flexibility index (Phi) is 3.86. The Bertz CT molecular complexity index is 718. The summed E-state index contributed by atoms with van der Waals surface area (Å²) in [5.74, 6) is -1.05. The fourth-order valence-corrected chi connectivity index (χ4v) is 2.57. The normalized spacial score (nSPS) is 11.7. The average molecular weight is 299 g/mol. The van der Waals surface area contributed by atoms with Crippen LogP contribution >= 0.6 is 0 Å². The number of carbonyl (C=O) groups is 1. The third-order valence-corrected chi connectivity index (χ3v) is 3.83.